The Morgan fingerprint density at radius 1 is 0.812 bits per heavy atom. The number of rotatable bonds is 5. The molecule has 0 aliphatic rings. The summed E-state index contributed by atoms with van der Waals surface area (Å²) in [5.41, 5.74) is 19.4. The largest absolute Gasteiger partial charge is 0.504 e. The first kappa shape index (κ1) is 19.9. The Morgan fingerprint density at radius 2 is 1.59 bits per heavy atom. The molecule has 2 aromatic heterocycles. The molecule has 0 aliphatic heterocycles. The lowest BCUT2D eigenvalue weighted by Crippen LogP contribution is -1.99. The van der Waals surface area contributed by atoms with Gasteiger partial charge in [-0.05, 0) is 34.4 Å². The van der Waals surface area contributed by atoms with Crippen LogP contribution in [-0.2, 0) is 13.1 Å². The minimum absolute atomic E-state index is 0.0910. The van der Waals surface area contributed by atoms with E-state index in [1.165, 1.54) is 0 Å². The minimum Gasteiger partial charge on any atom is -0.504 e. The summed E-state index contributed by atoms with van der Waals surface area (Å²) in [4.78, 5) is 8.90. The van der Waals surface area contributed by atoms with Crippen LogP contribution in [0.2, 0.25) is 0 Å². The van der Waals surface area contributed by atoms with E-state index in [0.717, 1.165) is 33.5 Å². The third-order valence-corrected chi connectivity index (χ3v) is 5.69. The zero-order chi connectivity index (χ0) is 22.1. The number of imidazole rings is 1. The first-order valence-corrected chi connectivity index (χ1v) is 10.4. The molecule has 6 nitrogen and oxygen atoms in total. The van der Waals surface area contributed by atoms with Gasteiger partial charge in [0.2, 0.25) is 0 Å². The van der Waals surface area contributed by atoms with E-state index in [9.17, 15) is 5.11 Å². The Labute approximate surface area is 185 Å². The van der Waals surface area contributed by atoms with E-state index in [2.05, 4.69) is 16.0 Å². The van der Waals surface area contributed by atoms with Crippen molar-refractivity contribution < 1.29 is 5.11 Å². The molecule has 0 unspecified atom stereocenters. The smallest absolute Gasteiger partial charge is 0.168 e. The molecule has 2 heterocycles. The fourth-order valence-electron chi connectivity index (χ4n) is 4.02. The predicted molar refractivity (Wildman–Crippen MR) is 127 cm³/mol. The molecule has 0 radical (unpaired) electrons. The fraction of sp³-hybridized carbons (Fsp3) is 0.0769. The highest BCUT2D eigenvalue weighted by Crippen LogP contribution is 2.36. The maximum Gasteiger partial charge on any atom is 0.168 e. The summed E-state index contributed by atoms with van der Waals surface area (Å²) in [6.07, 6.45) is 3.38. The summed E-state index contributed by atoms with van der Waals surface area (Å²) >= 11 is 0. The topological polar surface area (TPSA) is 103 Å². The highest BCUT2D eigenvalue weighted by Gasteiger charge is 2.16. The molecule has 0 bridgehead atoms. The van der Waals surface area contributed by atoms with Crippen LogP contribution in [0.5, 0.6) is 5.75 Å². The summed E-state index contributed by atoms with van der Waals surface area (Å²) in [6, 6.07) is 23.9. The molecule has 0 saturated heterocycles. The van der Waals surface area contributed by atoms with E-state index in [-0.39, 0.29) is 5.75 Å². The molecular formula is C26H23N5O. The second-order valence-corrected chi connectivity index (χ2v) is 7.62. The summed E-state index contributed by atoms with van der Waals surface area (Å²) < 4.78 is 1.86. The fourth-order valence-corrected chi connectivity index (χ4v) is 4.02. The molecule has 6 heteroatoms. The molecule has 0 amide bonds. The number of fused-ring (bicyclic) bond motifs is 1. The third kappa shape index (κ3) is 3.41. The zero-order valence-electron chi connectivity index (χ0n) is 17.4. The number of aromatic nitrogens is 3. The Kier molecular flexibility index (Phi) is 5.15. The second-order valence-electron chi connectivity index (χ2n) is 7.62. The molecule has 0 atom stereocenters. The standard InChI is InChI=1S/C26H23N5O/c27-13-17-4-3-6-21(12-17)31-16-30-23-15-29-24(26(32)25(23)31)19-10-8-18(9-11-19)22-7-2-1-5-20(22)14-28/h1-12,15-16,32H,13-14,27-28H2. The summed E-state index contributed by atoms with van der Waals surface area (Å²) in [5, 5.41) is 11.2. The van der Waals surface area contributed by atoms with E-state index >= 15 is 0 Å². The minimum atomic E-state index is 0.0910. The molecule has 5 aromatic rings. The van der Waals surface area contributed by atoms with Crippen LogP contribution in [0, 0.1) is 0 Å². The Hall–Kier alpha value is -4.00. The molecule has 5 N–H and O–H groups in total. The van der Waals surface area contributed by atoms with Crippen LogP contribution >= 0.6 is 0 Å². The van der Waals surface area contributed by atoms with E-state index in [0.29, 0.717) is 29.8 Å². The molecular weight excluding hydrogens is 398 g/mol. The van der Waals surface area contributed by atoms with Crippen molar-refractivity contribution >= 4 is 11.0 Å². The van der Waals surface area contributed by atoms with Gasteiger partial charge in [0.1, 0.15) is 23.1 Å². The van der Waals surface area contributed by atoms with Gasteiger partial charge in [-0.3, -0.25) is 4.57 Å². The maximum absolute atomic E-state index is 11.2. The van der Waals surface area contributed by atoms with Crippen molar-refractivity contribution in [3.05, 3.63) is 96.4 Å². The highest BCUT2D eigenvalue weighted by molar-refractivity contribution is 5.89. The van der Waals surface area contributed by atoms with Crippen molar-refractivity contribution in [3.63, 3.8) is 0 Å². The van der Waals surface area contributed by atoms with Crippen molar-refractivity contribution in [2.45, 2.75) is 13.1 Å². The van der Waals surface area contributed by atoms with Crippen LogP contribution < -0.4 is 11.5 Å². The SMILES string of the molecule is NCc1cccc(-n2cnc3cnc(-c4ccc(-c5ccccc5CN)cc4)c(O)c32)c1. The number of hydrogen-bond acceptors (Lipinski definition) is 5. The summed E-state index contributed by atoms with van der Waals surface area (Å²) in [7, 11) is 0. The Balaban J connectivity index is 1.58. The normalized spacial score (nSPS) is 11.2. The quantitative estimate of drug-likeness (QED) is 0.391. The summed E-state index contributed by atoms with van der Waals surface area (Å²) in [6.45, 7) is 0.922. The van der Waals surface area contributed by atoms with Crippen molar-refractivity contribution in [1.29, 1.82) is 0 Å². The first-order valence-electron chi connectivity index (χ1n) is 10.4. The number of pyridine rings is 1. The van der Waals surface area contributed by atoms with Gasteiger partial charge >= 0.3 is 0 Å². The molecule has 158 valence electrons. The van der Waals surface area contributed by atoms with E-state index in [1.807, 2.05) is 71.3 Å². The molecule has 0 saturated carbocycles. The lowest BCUT2D eigenvalue weighted by molar-refractivity contribution is 0.479. The van der Waals surface area contributed by atoms with Crippen LogP contribution in [0.4, 0.5) is 0 Å². The predicted octanol–water partition coefficient (Wildman–Crippen LogP) is 4.38. The second kappa shape index (κ2) is 8.26. The van der Waals surface area contributed by atoms with Crippen molar-refractivity contribution in [1.82, 2.24) is 14.5 Å². The molecule has 0 aliphatic carbocycles. The highest BCUT2D eigenvalue weighted by atomic mass is 16.3. The van der Waals surface area contributed by atoms with Gasteiger partial charge in [-0.1, -0.05) is 60.7 Å². The first-order chi connectivity index (χ1) is 15.7. The number of nitrogens with two attached hydrogens (primary N) is 2. The zero-order valence-corrected chi connectivity index (χ0v) is 17.4. The van der Waals surface area contributed by atoms with Crippen LogP contribution in [0.25, 0.3) is 39.1 Å². The Bertz CT molecular complexity index is 1410. The third-order valence-electron chi connectivity index (χ3n) is 5.69. The monoisotopic (exact) mass is 421 g/mol. The lowest BCUT2D eigenvalue weighted by Gasteiger charge is -2.11. The van der Waals surface area contributed by atoms with Gasteiger partial charge in [0.15, 0.2) is 5.75 Å². The van der Waals surface area contributed by atoms with Crippen molar-refractivity contribution in [2.24, 2.45) is 11.5 Å². The van der Waals surface area contributed by atoms with Crippen LogP contribution in [0.15, 0.2) is 85.3 Å². The number of hydrogen-bond donors (Lipinski definition) is 3. The lowest BCUT2D eigenvalue weighted by atomic mass is 9.98. The van der Waals surface area contributed by atoms with Gasteiger partial charge in [0, 0.05) is 24.3 Å². The molecule has 0 fully saturated rings. The number of aromatic hydroxyl groups is 1. The maximum atomic E-state index is 11.2. The van der Waals surface area contributed by atoms with Gasteiger partial charge in [-0.15, -0.1) is 0 Å². The van der Waals surface area contributed by atoms with Crippen molar-refractivity contribution in [3.8, 4) is 33.8 Å². The Morgan fingerprint density at radius 3 is 2.38 bits per heavy atom. The molecule has 3 aromatic carbocycles. The average molecular weight is 422 g/mol. The number of benzene rings is 3. The van der Waals surface area contributed by atoms with Crippen LogP contribution in [0.3, 0.4) is 0 Å². The number of nitrogens with zero attached hydrogens (tertiary/aromatic N) is 3. The van der Waals surface area contributed by atoms with Crippen molar-refractivity contribution in [2.75, 3.05) is 0 Å². The van der Waals surface area contributed by atoms with Crippen LogP contribution in [0.1, 0.15) is 11.1 Å². The summed E-state index contributed by atoms with van der Waals surface area (Å²) in [5.74, 6) is 0.0910. The van der Waals surface area contributed by atoms with E-state index in [1.54, 1.807) is 12.5 Å². The van der Waals surface area contributed by atoms with Gasteiger partial charge in [0.25, 0.3) is 0 Å². The average Bonchev–Trinajstić information content (AvgIpc) is 3.30. The van der Waals surface area contributed by atoms with Gasteiger partial charge in [0.05, 0.1) is 6.20 Å². The van der Waals surface area contributed by atoms with E-state index in [4.69, 9.17) is 11.5 Å². The van der Waals surface area contributed by atoms with Gasteiger partial charge in [-0.2, -0.15) is 0 Å². The molecule has 5 rings (SSSR count). The van der Waals surface area contributed by atoms with Gasteiger partial charge in [-0.25, -0.2) is 9.97 Å². The van der Waals surface area contributed by atoms with Crippen LogP contribution in [-0.4, -0.2) is 19.6 Å². The molecule has 0 spiro atoms. The van der Waals surface area contributed by atoms with Gasteiger partial charge < -0.3 is 16.6 Å². The molecule has 32 heavy (non-hydrogen) atoms. The van der Waals surface area contributed by atoms with E-state index < -0.39 is 0 Å².